The van der Waals surface area contributed by atoms with E-state index in [-0.39, 0.29) is 6.03 Å². The first-order valence-corrected chi connectivity index (χ1v) is 9.91. The third-order valence-corrected chi connectivity index (χ3v) is 5.72. The van der Waals surface area contributed by atoms with Crippen molar-refractivity contribution in [3.05, 3.63) is 65.7 Å². The quantitative estimate of drug-likeness (QED) is 0.414. The number of nitrogens with one attached hydrogen (secondary N) is 2. The minimum Gasteiger partial charge on any atom is -0.495 e. The van der Waals surface area contributed by atoms with Crippen LogP contribution >= 0.6 is 11.3 Å². The molecule has 2 amide bonds. The van der Waals surface area contributed by atoms with Crippen LogP contribution in [0.3, 0.4) is 0 Å². The number of carbonyl (C=O) groups excluding carboxylic acids is 1. The van der Waals surface area contributed by atoms with Gasteiger partial charge in [0.15, 0.2) is 0 Å². The smallest absolute Gasteiger partial charge is 0.319 e. The molecule has 2 N–H and O–H groups in total. The molecule has 2 heterocycles. The fourth-order valence-corrected chi connectivity index (χ4v) is 4.24. The number of fused-ring (bicyclic) bond motifs is 4. The van der Waals surface area contributed by atoms with Crippen LogP contribution in [0.4, 0.5) is 10.5 Å². The number of nitrogens with zero attached hydrogens (tertiary/aromatic N) is 1. The predicted molar refractivity (Wildman–Crippen MR) is 116 cm³/mol. The first-order chi connectivity index (χ1) is 14.2. The number of hydrogen-bond donors (Lipinski definition) is 2. The molecular formula is C22H17N3O3S. The van der Waals surface area contributed by atoms with Crippen LogP contribution in [0, 0.1) is 0 Å². The highest BCUT2D eigenvalue weighted by atomic mass is 32.1. The first kappa shape index (κ1) is 17.5. The fraction of sp³-hybridized carbons (Fsp3) is 0.0909. The number of anilines is 1. The summed E-state index contributed by atoms with van der Waals surface area (Å²) < 4.78 is 12.5. The molecule has 0 aliphatic carbocycles. The normalized spacial score (nSPS) is 11.2. The minimum absolute atomic E-state index is 0.335. The lowest BCUT2D eigenvalue weighted by Gasteiger charge is -2.11. The van der Waals surface area contributed by atoms with Gasteiger partial charge in [-0.05, 0) is 24.3 Å². The lowest BCUT2D eigenvalue weighted by Crippen LogP contribution is -2.28. The van der Waals surface area contributed by atoms with Crippen molar-refractivity contribution in [1.29, 1.82) is 0 Å². The summed E-state index contributed by atoms with van der Waals surface area (Å²) in [6.45, 7) is 0.348. The minimum atomic E-state index is -0.335. The second-order valence-corrected chi connectivity index (χ2v) is 7.65. The molecule has 0 aliphatic rings. The molecule has 2 aromatic heterocycles. The van der Waals surface area contributed by atoms with E-state index in [4.69, 9.17) is 9.15 Å². The highest BCUT2D eigenvalue weighted by Crippen LogP contribution is 2.36. The molecule has 0 saturated carbocycles. The molecule has 6 nitrogen and oxygen atoms in total. The van der Waals surface area contributed by atoms with Crippen molar-refractivity contribution < 1.29 is 13.9 Å². The number of methoxy groups -OCH3 is 1. The van der Waals surface area contributed by atoms with Gasteiger partial charge >= 0.3 is 6.03 Å². The maximum absolute atomic E-state index is 12.4. The van der Waals surface area contributed by atoms with Crippen LogP contribution in [0.1, 0.15) is 5.01 Å². The molecule has 7 heteroatoms. The zero-order valence-electron chi connectivity index (χ0n) is 15.6. The molecule has 0 unspecified atom stereocenters. The summed E-state index contributed by atoms with van der Waals surface area (Å²) >= 11 is 1.56. The second kappa shape index (κ2) is 7.10. The van der Waals surface area contributed by atoms with E-state index in [1.807, 2.05) is 54.6 Å². The lowest BCUT2D eigenvalue weighted by atomic mass is 10.1. The zero-order chi connectivity index (χ0) is 19.8. The van der Waals surface area contributed by atoms with E-state index < -0.39 is 0 Å². The van der Waals surface area contributed by atoms with Gasteiger partial charge < -0.3 is 19.8 Å². The van der Waals surface area contributed by atoms with E-state index in [1.165, 1.54) is 0 Å². The van der Waals surface area contributed by atoms with Gasteiger partial charge in [-0.2, -0.15) is 0 Å². The van der Waals surface area contributed by atoms with Crippen LogP contribution in [0.5, 0.6) is 5.75 Å². The van der Waals surface area contributed by atoms with E-state index in [9.17, 15) is 4.79 Å². The van der Waals surface area contributed by atoms with Crippen LogP contribution in [-0.2, 0) is 6.54 Å². The molecule has 0 radical (unpaired) electrons. The number of rotatable bonds is 4. The molecule has 0 bridgehead atoms. The Morgan fingerprint density at radius 2 is 1.90 bits per heavy atom. The number of ether oxygens (including phenoxy) is 1. The van der Waals surface area contributed by atoms with Gasteiger partial charge in [-0.15, -0.1) is 11.3 Å². The van der Waals surface area contributed by atoms with E-state index in [1.54, 1.807) is 24.5 Å². The lowest BCUT2D eigenvalue weighted by molar-refractivity contribution is 0.251. The Hall–Kier alpha value is -3.58. The van der Waals surface area contributed by atoms with Gasteiger partial charge in [0, 0.05) is 16.8 Å². The molecule has 5 aromatic rings. The fourth-order valence-electron chi connectivity index (χ4n) is 3.34. The number of aromatic nitrogens is 1. The monoisotopic (exact) mass is 403 g/mol. The molecule has 0 spiro atoms. The summed E-state index contributed by atoms with van der Waals surface area (Å²) in [5, 5.41) is 8.49. The number of urea groups is 1. The summed E-state index contributed by atoms with van der Waals surface area (Å²) in [5.41, 5.74) is 2.96. The second-order valence-electron chi connectivity index (χ2n) is 6.53. The van der Waals surface area contributed by atoms with E-state index in [0.717, 1.165) is 31.6 Å². The van der Waals surface area contributed by atoms with Crippen molar-refractivity contribution in [2.45, 2.75) is 6.54 Å². The number of furan rings is 1. The van der Waals surface area contributed by atoms with Crippen molar-refractivity contribution in [1.82, 2.24) is 10.3 Å². The molecule has 0 fully saturated rings. The largest absolute Gasteiger partial charge is 0.495 e. The molecule has 0 atom stereocenters. The van der Waals surface area contributed by atoms with Crippen LogP contribution in [-0.4, -0.2) is 18.1 Å². The third-order valence-electron chi connectivity index (χ3n) is 4.69. The summed E-state index contributed by atoms with van der Waals surface area (Å²) in [6, 6.07) is 19.0. The molecular weight excluding hydrogens is 386 g/mol. The van der Waals surface area contributed by atoms with Crippen molar-refractivity contribution in [2.24, 2.45) is 0 Å². The standard InChI is InChI=1S/C22H17N3O3S/c1-27-19-10-14-13-6-2-4-8-17(13)28-18(14)11-16(19)25-22(26)23-12-21-24-15-7-3-5-9-20(15)29-21/h2-11H,12H2,1H3,(H2,23,25,26). The molecule has 0 aliphatic heterocycles. The van der Waals surface area contributed by atoms with Gasteiger partial charge in [0.05, 0.1) is 29.6 Å². The average Bonchev–Trinajstić information content (AvgIpc) is 3.32. The number of para-hydroxylation sites is 2. The van der Waals surface area contributed by atoms with Crippen LogP contribution < -0.4 is 15.4 Å². The zero-order valence-corrected chi connectivity index (χ0v) is 16.4. The molecule has 5 rings (SSSR count). The maximum atomic E-state index is 12.4. The van der Waals surface area contributed by atoms with Gasteiger partial charge in [-0.3, -0.25) is 0 Å². The Morgan fingerprint density at radius 3 is 2.76 bits per heavy atom. The molecule has 3 aromatic carbocycles. The van der Waals surface area contributed by atoms with Crippen molar-refractivity contribution >= 4 is 55.2 Å². The maximum Gasteiger partial charge on any atom is 0.319 e. The van der Waals surface area contributed by atoms with Gasteiger partial charge in [-0.1, -0.05) is 30.3 Å². The Bertz CT molecular complexity index is 1320. The van der Waals surface area contributed by atoms with Crippen molar-refractivity contribution in [3.8, 4) is 5.75 Å². The van der Waals surface area contributed by atoms with E-state index >= 15 is 0 Å². The summed E-state index contributed by atoms with van der Waals surface area (Å²) in [6.07, 6.45) is 0. The van der Waals surface area contributed by atoms with Crippen LogP contribution in [0.2, 0.25) is 0 Å². The summed E-state index contributed by atoms with van der Waals surface area (Å²) in [5.74, 6) is 0.569. The predicted octanol–water partition coefficient (Wildman–Crippen LogP) is 5.53. The first-order valence-electron chi connectivity index (χ1n) is 9.10. The SMILES string of the molecule is COc1cc2c(cc1NC(=O)NCc1nc3ccccc3s1)oc1ccccc12. The Balaban J connectivity index is 1.37. The topological polar surface area (TPSA) is 76.4 Å². The molecule has 144 valence electrons. The van der Waals surface area contributed by atoms with Gasteiger partial charge in [0.2, 0.25) is 0 Å². The van der Waals surface area contributed by atoms with Crippen molar-refractivity contribution in [3.63, 3.8) is 0 Å². The number of amides is 2. The molecule has 29 heavy (non-hydrogen) atoms. The van der Waals surface area contributed by atoms with Crippen LogP contribution in [0.15, 0.2) is 65.1 Å². The Morgan fingerprint density at radius 1 is 1.07 bits per heavy atom. The molecule has 0 saturated heterocycles. The van der Waals surface area contributed by atoms with Gasteiger partial charge in [-0.25, -0.2) is 9.78 Å². The number of benzene rings is 3. The third kappa shape index (κ3) is 3.25. The highest BCUT2D eigenvalue weighted by Gasteiger charge is 2.14. The van der Waals surface area contributed by atoms with E-state index in [2.05, 4.69) is 15.6 Å². The Labute approximate surface area is 170 Å². The van der Waals surface area contributed by atoms with Crippen molar-refractivity contribution in [2.75, 3.05) is 12.4 Å². The summed E-state index contributed by atoms with van der Waals surface area (Å²) in [7, 11) is 1.58. The number of carbonyl (C=O) groups is 1. The highest BCUT2D eigenvalue weighted by molar-refractivity contribution is 7.18. The Kier molecular flexibility index (Phi) is 4.29. The average molecular weight is 403 g/mol. The number of thiazole rings is 1. The number of hydrogen-bond acceptors (Lipinski definition) is 5. The van der Waals surface area contributed by atoms with E-state index in [0.29, 0.717) is 23.6 Å². The van der Waals surface area contributed by atoms with Crippen LogP contribution in [0.25, 0.3) is 32.2 Å². The van der Waals surface area contributed by atoms with Gasteiger partial charge in [0.25, 0.3) is 0 Å². The van der Waals surface area contributed by atoms with Gasteiger partial charge in [0.1, 0.15) is 21.9 Å². The summed E-state index contributed by atoms with van der Waals surface area (Å²) in [4.78, 5) is 17.0.